The van der Waals surface area contributed by atoms with Crippen LogP contribution in [0, 0.1) is 5.41 Å². The van der Waals surface area contributed by atoms with E-state index in [1.807, 2.05) is 42.2 Å². The largest absolute Gasteiger partial charge is 0.392 e. The van der Waals surface area contributed by atoms with Crippen molar-refractivity contribution >= 4 is 23.1 Å². The number of nitrogens with zero attached hydrogens (tertiary/aromatic N) is 1. The summed E-state index contributed by atoms with van der Waals surface area (Å²) in [6, 6.07) is 10.0. The Kier molecular flexibility index (Phi) is 4.76. The van der Waals surface area contributed by atoms with E-state index >= 15 is 0 Å². The van der Waals surface area contributed by atoms with Gasteiger partial charge in [0.25, 0.3) is 0 Å². The molecule has 0 atom stereocenters. The molecule has 0 aliphatic heterocycles. The summed E-state index contributed by atoms with van der Waals surface area (Å²) < 4.78 is 0. The number of benzene rings is 1. The summed E-state index contributed by atoms with van der Waals surface area (Å²) in [6.45, 7) is 3.31. The predicted molar refractivity (Wildman–Crippen MR) is 85.2 cm³/mol. The molecule has 1 aromatic carbocycles. The van der Waals surface area contributed by atoms with Gasteiger partial charge in [0, 0.05) is 13.1 Å². The molecule has 0 saturated heterocycles. The van der Waals surface area contributed by atoms with E-state index in [1.54, 1.807) is 0 Å². The second-order valence-corrected chi connectivity index (χ2v) is 5.90. The van der Waals surface area contributed by atoms with Crippen molar-refractivity contribution in [3.05, 3.63) is 35.9 Å². The molecule has 0 radical (unpaired) electrons. The van der Waals surface area contributed by atoms with Crippen LogP contribution in [0.15, 0.2) is 30.3 Å². The lowest BCUT2D eigenvalue weighted by Crippen LogP contribution is -2.48. The molecule has 2 rings (SSSR count). The zero-order valence-electron chi connectivity index (χ0n) is 12.0. The molecule has 1 aliphatic rings. The molecular weight excluding hydrogens is 268 g/mol. The van der Waals surface area contributed by atoms with Gasteiger partial charge in [-0.1, -0.05) is 55.4 Å². The monoisotopic (exact) mass is 290 g/mol. The summed E-state index contributed by atoms with van der Waals surface area (Å²) in [6.07, 6.45) is 3.66. The minimum Gasteiger partial charge on any atom is -0.392 e. The summed E-state index contributed by atoms with van der Waals surface area (Å²) in [7, 11) is 0. The summed E-state index contributed by atoms with van der Waals surface area (Å²) in [5.41, 5.74) is 6.44. The Labute approximate surface area is 126 Å². The number of nitrogens with two attached hydrogens (primary N) is 1. The molecule has 0 unspecified atom stereocenters. The Morgan fingerprint density at radius 3 is 2.40 bits per heavy atom. The molecule has 0 spiro atoms. The standard InChI is InChI=1S/C16H22N2OS/c1-2-18(12-13-8-4-3-5-9-13)15(19)16(14(17)20)10-6-7-11-16/h3-5,8-9H,2,6-7,10-12H2,1H3,(H2,17,20). The molecular formula is C16H22N2OS. The van der Waals surface area contributed by atoms with Crippen LogP contribution < -0.4 is 5.73 Å². The minimum atomic E-state index is -0.597. The molecule has 1 amide bonds. The van der Waals surface area contributed by atoms with Crippen LogP contribution in [0.5, 0.6) is 0 Å². The maximum Gasteiger partial charge on any atom is 0.235 e. The molecule has 1 aromatic rings. The Hall–Kier alpha value is -1.42. The van der Waals surface area contributed by atoms with Gasteiger partial charge < -0.3 is 10.6 Å². The Morgan fingerprint density at radius 1 is 1.30 bits per heavy atom. The maximum absolute atomic E-state index is 12.9. The molecule has 2 N–H and O–H groups in total. The van der Waals surface area contributed by atoms with Gasteiger partial charge in [0.2, 0.25) is 5.91 Å². The van der Waals surface area contributed by atoms with E-state index in [1.165, 1.54) is 0 Å². The van der Waals surface area contributed by atoms with Crippen molar-refractivity contribution in [2.24, 2.45) is 11.1 Å². The first-order valence-electron chi connectivity index (χ1n) is 7.23. The SMILES string of the molecule is CCN(Cc1ccccc1)C(=O)C1(C(N)=S)CCCC1. The van der Waals surface area contributed by atoms with Gasteiger partial charge in [-0.05, 0) is 25.3 Å². The molecule has 3 nitrogen and oxygen atoms in total. The lowest BCUT2D eigenvalue weighted by atomic mass is 9.84. The number of rotatable bonds is 5. The smallest absolute Gasteiger partial charge is 0.235 e. The van der Waals surface area contributed by atoms with Crippen LogP contribution in [-0.4, -0.2) is 22.3 Å². The highest BCUT2D eigenvalue weighted by atomic mass is 32.1. The average molecular weight is 290 g/mol. The third-order valence-corrected chi connectivity index (χ3v) is 4.61. The molecule has 1 aliphatic carbocycles. The molecule has 0 bridgehead atoms. The minimum absolute atomic E-state index is 0.105. The summed E-state index contributed by atoms with van der Waals surface area (Å²) in [5.74, 6) is 0.105. The number of carbonyl (C=O) groups excluding carboxylic acids is 1. The van der Waals surface area contributed by atoms with Gasteiger partial charge in [-0.15, -0.1) is 0 Å². The van der Waals surface area contributed by atoms with Gasteiger partial charge in [-0.3, -0.25) is 4.79 Å². The van der Waals surface area contributed by atoms with E-state index in [-0.39, 0.29) is 5.91 Å². The Balaban J connectivity index is 2.18. The highest BCUT2D eigenvalue weighted by molar-refractivity contribution is 7.80. The normalized spacial score (nSPS) is 16.9. The first-order valence-corrected chi connectivity index (χ1v) is 7.64. The van der Waals surface area contributed by atoms with E-state index < -0.39 is 5.41 Å². The Morgan fingerprint density at radius 2 is 1.90 bits per heavy atom. The van der Waals surface area contributed by atoms with Crippen LogP contribution in [0.2, 0.25) is 0 Å². The topological polar surface area (TPSA) is 46.3 Å². The van der Waals surface area contributed by atoms with Crippen molar-refractivity contribution in [3.63, 3.8) is 0 Å². The van der Waals surface area contributed by atoms with Crippen LogP contribution in [0.3, 0.4) is 0 Å². The number of thiocarbonyl (C=S) groups is 1. The van der Waals surface area contributed by atoms with Crippen molar-refractivity contribution in [2.75, 3.05) is 6.54 Å². The number of hydrogen-bond acceptors (Lipinski definition) is 2. The maximum atomic E-state index is 12.9. The van der Waals surface area contributed by atoms with Gasteiger partial charge in [-0.2, -0.15) is 0 Å². The van der Waals surface area contributed by atoms with Crippen molar-refractivity contribution in [2.45, 2.75) is 39.2 Å². The third kappa shape index (κ3) is 2.85. The van der Waals surface area contributed by atoms with Crippen molar-refractivity contribution in [1.82, 2.24) is 4.90 Å². The third-order valence-electron chi connectivity index (χ3n) is 4.22. The van der Waals surface area contributed by atoms with Gasteiger partial charge in [0.1, 0.15) is 0 Å². The highest BCUT2D eigenvalue weighted by Crippen LogP contribution is 2.40. The van der Waals surface area contributed by atoms with Gasteiger partial charge >= 0.3 is 0 Å². The van der Waals surface area contributed by atoms with E-state index in [9.17, 15) is 4.79 Å². The molecule has 1 fully saturated rings. The van der Waals surface area contributed by atoms with Gasteiger partial charge in [0.05, 0.1) is 10.4 Å². The van der Waals surface area contributed by atoms with Crippen LogP contribution in [0.1, 0.15) is 38.2 Å². The molecule has 0 aromatic heterocycles. The Bertz CT molecular complexity index is 481. The number of hydrogen-bond donors (Lipinski definition) is 1. The fourth-order valence-corrected chi connectivity index (χ4v) is 3.27. The van der Waals surface area contributed by atoms with E-state index in [0.29, 0.717) is 18.1 Å². The zero-order valence-corrected chi connectivity index (χ0v) is 12.8. The second kappa shape index (κ2) is 6.35. The average Bonchev–Trinajstić information content (AvgIpc) is 2.96. The molecule has 0 heterocycles. The second-order valence-electron chi connectivity index (χ2n) is 5.46. The van der Waals surface area contributed by atoms with Crippen LogP contribution >= 0.6 is 12.2 Å². The fraction of sp³-hybridized carbons (Fsp3) is 0.500. The van der Waals surface area contributed by atoms with Crippen molar-refractivity contribution in [1.29, 1.82) is 0 Å². The van der Waals surface area contributed by atoms with Crippen LogP contribution in [-0.2, 0) is 11.3 Å². The van der Waals surface area contributed by atoms with E-state index in [0.717, 1.165) is 31.2 Å². The molecule has 4 heteroatoms. The summed E-state index contributed by atoms with van der Waals surface area (Å²) >= 11 is 5.21. The molecule has 1 saturated carbocycles. The number of carbonyl (C=O) groups is 1. The van der Waals surface area contributed by atoms with Gasteiger partial charge in [0.15, 0.2) is 0 Å². The van der Waals surface area contributed by atoms with Crippen LogP contribution in [0.25, 0.3) is 0 Å². The fourth-order valence-electron chi connectivity index (χ4n) is 2.98. The lowest BCUT2D eigenvalue weighted by molar-refractivity contribution is -0.138. The van der Waals surface area contributed by atoms with Crippen molar-refractivity contribution < 1.29 is 4.79 Å². The first kappa shape index (κ1) is 15.0. The molecule has 108 valence electrons. The first-order chi connectivity index (χ1) is 9.60. The molecule has 20 heavy (non-hydrogen) atoms. The van der Waals surface area contributed by atoms with Crippen LogP contribution in [0.4, 0.5) is 0 Å². The summed E-state index contributed by atoms with van der Waals surface area (Å²) in [4.78, 5) is 15.1. The van der Waals surface area contributed by atoms with Gasteiger partial charge in [-0.25, -0.2) is 0 Å². The quantitative estimate of drug-likeness (QED) is 0.848. The number of amides is 1. The highest BCUT2D eigenvalue weighted by Gasteiger charge is 2.45. The van der Waals surface area contributed by atoms with E-state index in [4.69, 9.17) is 18.0 Å². The predicted octanol–water partition coefficient (Wildman–Crippen LogP) is 2.88. The van der Waals surface area contributed by atoms with E-state index in [2.05, 4.69) is 0 Å². The zero-order chi connectivity index (χ0) is 14.6. The summed E-state index contributed by atoms with van der Waals surface area (Å²) in [5, 5.41) is 0. The van der Waals surface area contributed by atoms with Crippen molar-refractivity contribution in [3.8, 4) is 0 Å². The lowest BCUT2D eigenvalue weighted by Gasteiger charge is -2.33.